The second-order valence-corrected chi connectivity index (χ2v) is 8.20. The van der Waals surface area contributed by atoms with E-state index >= 15 is 0 Å². The van der Waals surface area contributed by atoms with E-state index in [0.29, 0.717) is 12.3 Å². The number of hydrogen-bond acceptors (Lipinski definition) is 3. The molecule has 0 N–H and O–H groups in total. The van der Waals surface area contributed by atoms with Crippen LogP contribution >= 0.6 is 22.9 Å². The summed E-state index contributed by atoms with van der Waals surface area (Å²) < 4.78 is 25.7. The minimum Gasteiger partial charge on any atom is -0.212 e. The van der Waals surface area contributed by atoms with Gasteiger partial charge in [0.1, 0.15) is 0 Å². The number of nitrogens with zero attached hydrogens (tertiary/aromatic N) is 1. The maximum absolute atomic E-state index is 12.1. The number of alkyl halides is 1. The van der Waals surface area contributed by atoms with Gasteiger partial charge in [-0.1, -0.05) is 0 Å². The lowest BCUT2D eigenvalue weighted by Crippen LogP contribution is -2.31. The molecular formula is C12H20ClNO2S2. The number of halogens is 1. The van der Waals surface area contributed by atoms with Crippen molar-refractivity contribution in [3.63, 3.8) is 0 Å². The zero-order chi connectivity index (χ0) is 13.8. The molecule has 0 saturated heterocycles. The Bertz CT molecular complexity index is 470. The molecule has 18 heavy (non-hydrogen) atoms. The number of sulfonamides is 1. The molecule has 6 heteroatoms. The van der Waals surface area contributed by atoms with Crippen molar-refractivity contribution in [1.82, 2.24) is 4.31 Å². The van der Waals surface area contributed by atoms with Gasteiger partial charge < -0.3 is 0 Å². The third-order valence-electron chi connectivity index (χ3n) is 2.94. The molecule has 0 aliphatic rings. The zero-order valence-corrected chi connectivity index (χ0v) is 13.4. The summed E-state index contributed by atoms with van der Waals surface area (Å²) in [6, 6.07) is 3.91. The van der Waals surface area contributed by atoms with Crippen molar-refractivity contribution in [1.29, 1.82) is 0 Å². The molecule has 0 bridgehead atoms. The van der Waals surface area contributed by atoms with E-state index in [1.54, 1.807) is 18.4 Å². The van der Waals surface area contributed by atoms with E-state index < -0.39 is 10.0 Å². The van der Waals surface area contributed by atoms with Crippen LogP contribution in [0.25, 0.3) is 0 Å². The number of hydrogen-bond donors (Lipinski definition) is 0. The van der Waals surface area contributed by atoms with Crippen LogP contribution < -0.4 is 0 Å². The molecule has 0 spiro atoms. The van der Waals surface area contributed by atoms with Gasteiger partial charge in [-0.3, -0.25) is 0 Å². The molecule has 1 aromatic heterocycles. The van der Waals surface area contributed by atoms with Crippen LogP contribution in [-0.2, 0) is 10.0 Å². The van der Waals surface area contributed by atoms with Crippen LogP contribution in [0.4, 0.5) is 0 Å². The minimum atomic E-state index is -3.19. The molecule has 104 valence electrons. The molecule has 0 saturated carbocycles. The summed E-state index contributed by atoms with van der Waals surface area (Å²) >= 11 is 7.21. The standard InChI is InChI=1S/C12H20ClNO2S2/c1-10-6-7-12(17-10)11(2)14(3)18(15,16)9-5-4-8-13/h6-7,11H,4-5,8-9H2,1-3H3. The molecule has 0 aliphatic heterocycles. The number of aryl methyl sites for hydroxylation is 1. The molecule has 1 rings (SSSR count). The number of unbranched alkanes of at least 4 members (excludes halogenated alkanes) is 1. The van der Waals surface area contributed by atoms with Gasteiger partial charge in [0.25, 0.3) is 0 Å². The molecule has 0 aliphatic carbocycles. The summed E-state index contributed by atoms with van der Waals surface area (Å²) in [4.78, 5) is 2.28. The van der Waals surface area contributed by atoms with Crippen LogP contribution in [0.3, 0.4) is 0 Å². The van der Waals surface area contributed by atoms with Crippen LogP contribution in [0.1, 0.15) is 35.6 Å². The van der Waals surface area contributed by atoms with Crippen LogP contribution in [-0.4, -0.2) is 31.4 Å². The first-order chi connectivity index (χ1) is 8.38. The minimum absolute atomic E-state index is 0.107. The third-order valence-corrected chi connectivity index (χ3v) is 6.38. The van der Waals surface area contributed by atoms with Gasteiger partial charge in [-0.15, -0.1) is 22.9 Å². The lowest BCUT2D eigenvalue weighted by atomic mass is 10.3. The molecule has 0 fully saturated rings. The summed E-state index contributed by atoms with van der Waals surface area (Å²) in [5, 5.41) is 0. The Kier molecular flexibility index (Phi) is 6.11. The molecule has 1 unspecified atom stereocenters. The van der Waals surface area contributed by atoms with E-state index in [0.717, 1.165) is 11.3 Å². The predicted molar refractivity (Wildman–Crippen MR) is 79.0 cm³/mol. The summed E-state index contributed by atoms with van der Waals surface area (Å²) in [5.74, 6) is 0.684. The fourth-order valence-electron chi connectivity index (χ4n) is 1.62. The van der Waals surface area contributed by atoms with Crippen molar-refractivity contribution in [3.8, 4) is 0 Å². The van der Waals surface area contributed by atoms with Gasteiger partial charge in [0.15, 0.2) is 0 Å². The molecule has 1 atom stereocenters. The third kappa shape index (κ3) is 4.23. The van der Waals surface area contributed by atoms with Crippen molar-refractivity contribution in [2.24, 2.45) is 0 Å². The van der Waals surface area contributed by atoms with E-state index in [1.807, 2.05) is 26.0 Å². The van der Waals surface area contributed by atoms with Crippen molar-refractivity contribution >= 4 is 33.0 Å². The summed E-state index contributed by atoms with van der Waals surface area (Å²) in [6.07, 6.45) is 1.35. The Morgan fingerprint density at radius 1 is 1.39 bits per heavy atom. The SMILES string of the molecule is Cc1ccc(C(C)N(C)S(=O)(=O)CCCCCl)s1. The van der Waals surface area contributed by atoms with Crippen LogP contribution in [0.5, 0.6) is 0 Å². The van der Waals surface area contributed by atoms with Crippen molar-refractivity contribution < 1.29 is 8.42 Å². The fourth-order valence-corrected chi connectivity index (χ4v) is 4.30. The first-order valence-electron chi connectivity index (χ1n) is 5.96. The first kappa shape index (κ1) is 16.0. The van der Waals surface area contributed by atoms with Gasteiger partial charge in [-0.05, 0) is 38.8 Å². The van der Waals surface area contributed by atoms with E-state index in [-0.39, 0.29) is 11.8 Å². The summed E-state index contributed by atoms with van der Waals surface area (Å²) in [7, 11) is -1.54. The Labute approximate surface area is 119 Å². The molecule has 0 radical (unpaired) electrons. The van der Waals surface area contributed by atoms with Crippen molar-refractivity contribution in [3.05, 3.63) is 21.9 Å². The molecule has 0 amide bonds. The molecule has 3 nitrogen and oxygen atoms in total. The van der Waals surface area contributed by atoms with Gasteiger partial charge in [-0.25, -0.2) is 8.42 Å². The smallest absolute Gasteiger partial charge is 0.212 e. The van der Waals surface area contributed by atoms with Crippen LogP contribution in [0.2, 0.25) is 0 Å². The summed E-state index contributed by atoms with van der Waals surface area (Å²) in [5.41, 5.74) is 0. The normalized spacial score (nSPS) is 14.1. The van der Waals surface area contributed by atoms with E-state index in [4.69, 9.17) is 11.6 Å². The maximum Gasteiger partial charge on any atom is 0.214 e. The fraction of sp³-hybridized carbons (Fsp3) is 0.667. The Balaban J connectivity index is 2.70. The van der Waals surface area contributed by atoms with Gasteiger partial charge >= 0.3 is 0 Å². The lowest BCUT2D eigenvalue weighted by molar-refractivity contribution is 0.402. The van der Waals surface area contributed by atoms with Crippen LogP contribution in [0.15, 0.2) is 12.1 Å². The average Bonchev–Trinajstić information content (AvgIpc) is 2.74. The largest absolute Gasteiger partial charge is 0.214 e. The highest BCUT2D eigenvalue weighted by molar-refractivity contribution is 7.89. The highest BCUT2D eigenvalue weighted by Crippen LogP contribution is 2.28. The number of thiophene rings is 1. The first-order valence-corrected chi connectivity index (χ1v) is 8.92. The highest BCUT2D eigenvalue weighted by Gasteiger charge is 2.24. The Hall–Kier alpha value is -0.100. The Morgan fingerprint density at radius 3 is 2.56 bits per heavy atom. The van der Waals surface area contributed by atoms with Crippen LogP contribution in [0, 0.1) is 6.92 Å². The van der Waals surface area contributed by atoms with Gasteiger partial charge in [0, 0.05) is 22.7 Å². The van der Waals surface area contributed by atoms with Gasteiger partial charge in [0.05, 0.1) is 11.8 Å². The van der Waals surface area contributed by atoms with Gasteiger partial charge in [-0.2, -0.15) is 4.31 Å². The maximum atomic E-state index is 12.1. The Morgan fingerprint density at radius 2 is 2.06 bits per heavy atom. The molecule has 1 aromatic rings. The van der Waals surface area contributed by atoms with Gasteiger partial charge in [0.2, 0.25) is 10.0 Å². The monoisotopic (exact) mass is 309 g/mol. The molecular weight excluding hydrogens is 290 g/mol. The lowest BCUT2D eigenvalue weighted by Gasteiger charge is -2.23. The second kappa shape index (κ2) is 6.89. The van der Waals surface area contributed by atoms with E-state index in [9.17, 15) is 8.42 Å². The summed E-state index contributed by atoms with van der Waals surface area (Å²) in [6.45, 7) is 3.94. The number of rotatable bonds is 7. The topological polar surface area (TPSA) is 37.4 Å². The van der Waals surface area contributed by atoms with Crippen molar-refractivity contribution in [2.45, 2.75) is 32.7 Å². The molecule has 1 heterocycles. The highest BCUT2D eigenvalue weighted by atomic mass is 35.5. The average molecular weight is 310 g/mol. The van der Waals surface area contributed by atoms with Crippen molar-refractivity contribution in [2.75, 3.05) is 18.7 Å². The van der Waals surface area contributed by atoms with E-state index in [1.165, 1.54) is 9.18 Å². The van der Waals surface area contributed by atoms with E-state index in [2.05, 4.69) is 0 Å². The second-order valence-electron chi connectivity index (χ2n) is 4.35. The predicted octanol–water partition coefficient (Wildman–Crippen LogP) is 3.40. The zero-order valence-electron chi connectivity index (χ0n) is 11.0. The quantitative estimate of drug-likeness (QED) is 0.572. The molecule has 0 aromatic carbocycles.